The largest absolute Gasteiger partial charge is 0.495 e. The monoisotopic (exact) mass is 348 g/mol. The highest BCUT2D eigenvalue weighted by Gasteiger charge is 2.21. The Kier molecular flexibility index (Phi) is 5.76. The van der Waals surface area contributed by atoms with Crippen LogP contribution in [0.2, 0.25) is 0 Å². The number of hydrogen-bond acceptors (Lipinski definition) is 3. The van der Waals surface area contributed by atoms with Gasteiger partial charge in [-0.25, -0.2) is 0 Å². The maximum Gasteiger partial charge on any atom is 0.142 e. The minimum atomic E-state index is 0.00961. The average molecular weight is 349 g/mol. The first-order valence-electron chi connectivity index (χ1n) is 7.15. The molecule has 1 aromatic heterocycles. The van der Waals surface area contributed by atoms with E-state index in [-0.39, 0.29) is 6.04 Å². The van der Waals surface area contributed by atoms with Gasteiger partial charge in [0.25, 0.3) is 0 Å². The van der Waals surface area contributed by atoms with Crippen molar-refractivity contribution in [2.24, 2.45) is 0 Å². The maximum absolute atomic E-state index is 5.48. The van der Waals surface area contributed by atoms with Crippen molar-refractivity contribution in [1.82, 2.24) is 10.3 Å². The Bertz CT molecular complexity index is 601. The molecule has 21 heavy (non-hydrogen) atoms. The fourth-order valence-electron chi connectivity index (χ4n) is 2.32. The van der Waals surface area contributed by atoms with Gasteiger partial charge in [-0.15, -0.1) is 0 Å². The molecule has 1 N–H and O–H groups in total. The Hall–Kier alpha value is -1.39. The number of nitrogens with one attached hydrogen (secondary N) is 1. The van der Waals surface area contributed by atoms with Crippen LogP contribution in [-0.4, -0.2) is 18.6 Å². The zero-order valence-corrected chi connectivity index (χ0v) is 14.3. The van der Waals surface area contributed by atoms with Crippen molar-refractivity contribution in [3.05, 3.63) is 57.8 Å². The Morgan fingerprint density at radius 1 is 1.33 bits per heavy atom. The van der Waals surface area contributed by atoms with Crippen LogP contribution in [0.5, 0.6) is 5.75 Å². The van der Waals surface area contributed by atoms with Crippen molar-refractivity contribution >= 4 is 15.9 Å². The SMILES string of the molecule is CCCNC(c1cc(C)ccc1Br)c1ncccc1OC. The van der Waals surface area contributed by atoms with Crippen molar-refractivity contribution in [2.75, 3.05) is 13.7 Å². The normalized spacial score (nSPS) is 12.2. The highest BCUT2D eigenvalue weighted by Crippen LogP contribution is 2.32. The van der Waals surface area contributed by atoms with Gasteiger partial charge in [-0.2, -0.15) is 0 Å². The number of aromatic nitrogens is 1. The van der Waals surface area contributed by atoms with Gasteiger partial charge in [0.15, 0.2) is 0 Å². The van der Waals surface area contributed by atoms with Gasteiger partial charge < -0.3 is 10.1 Å². The summed E-state index contributed by atoms with van der Waals surface area (Å²) in [5.41, 5.74) is 3.33. The van der Waals surface area contributed by atoms with E-state index in [4.69, 9.17) is 4.74 Å². The van der Waals surface area contributed by atoms with Gasteiger partial charge in [0, 0.05) is 10.7 Å². The third-order valence-corrected chi connectivity index (χ3v) is 4.08. The summed E-state index contributed by atoms with van der Waals surface area (Å²) in [5.74, 6) is 0.805. The molecule has 0 fully saturated rings. The second-order valence-corrected chi connectivity index (χ2v) is 5.86. The summed E-state index contributed by atoms with van der Waals surface area (Å²) < 4.78 is 6.56. The Balaban J connectivity index is 2.49. The smallest absolute Gasteiger partial charge is 0.142 e. The molecule has 1 atom stereocenters. The Morgan fingerprint density at radius 3 is 2.86 bits per heavy atom. The zero-order chi connectivity index (χ0) is 15.2. The molecule has 1 aromatic carbocycles. The predicted octanol–water partition coefficient (Wildman–Crippen LogP) is 4.25. The van der Waals surface area contributed by atoms with E-state index in [9.17, 15) is 0 Å². The molecule has 2 rings (SSSR count). The van der Waals surface area contributed by atoms with Gasteiger partial charge in [0.05, 0.1) is 13.2 Å². The molecule has 0 spiro atoms. The van der Waals surface area contributed by atoms with Gasteiger partial charge in [-0.3, -0.25) is 4.98 Å². The summed E-state index contributed by atoms with van der Waals surface area (Å²) in [5, 5.41) is 3.57. The minimum Gasteiger partial charge on any atom is -0.495 e. The van der Waals surface area contributed by atoms with Crippen LogP contribution >= 0.6 is 15.9 Å². The first-order chi connectivity index (χ1) is 10.2. The molecule has 0 amide bonds. The first kappa shape index (κ1) is 16.0. The summed E-state index contributed by atoms with van der Waals surface area (Å²) in [4.78, 5) is 4.54. The second kappa shape index (κ2) is 7.57. The number of ether oxygens (including phenoxy) is 1. The molecule has 2 aromatic rings. The molecule has 3 nitrogen and oxygen atoms in total. The van der Waals surface area contributed by atoms with E-state index < -0.39 is 0 Å². The quantitative estimate of drug-likeness (QED) is 0.847. The molecule has 4 heteroatoms. The Labute approximate surface area is 134 Å². The number of aryl methyl sites for hydroxylation is 1. The van der Waals surface area contributed by atoms with Gasteiger partial charge in [0.1, 0.15) is 11.4 Å². The molecule has 1 heterocycles. The Morgan fingerprint density at radius 2 is 2.14 bits per heavy atom. The predicted molar refractivity (Wildman–Crippen MR) is 89.8 cm³/mol. The molecule has 0 aliphatic heterocycles. The van der Waals surface area contributed by atoms with E-state index in [2.05, 4.69) is 58.3 Å². The number of benzene rings is 1. The van der Waals surface area contributed by atoms with Gasteiger partial charge >= 0.3 is 0 Å². The molecular formula is C17H21BrN2O. The van der Waals surface area contributed by atoms with Crippen LogP contribution in [0.1, 0.15) is 36.2 Å². The molecule has 1 unspecified atom stereocenters. The topological polar surface area (TPSA) is 34.2 Å². The van der Waals surface area contributed by atoms with Crippen molar-refractivity contribution in [3.63, 3.8) is 0 Å². The van der Waals surface area contributed by atoms with Crippen molar-refractivity contribution in [2.45, 2.75) is 26.3 Å². The van der Waals surface area contributed by atoms with Gasteiger partial charge in [-0.1, -0.05) is 40.5 Å². The van der Waals surface area contributed by atoms with Crippen LogP contribution in [0, 0.1) is 6.92 Å². The van der Waals surface area contributed by atoms with Crippen molar-refractivity contribution < 1.29 is 4.74 Å². The number of halogens is 1. The van der Waals surface area contributed by atoms with E-state index in [0.717, 1.165) is 28.9 Å². The molecular weight excluding hydrogens is 328 g/mol. The van der Waals surface area contributed by atoms with Gasteiger partial charge in [-0.05, 0) is 43.7 Å². The lowest BCUT2D eigenvalue weighted by atomic mass is 10.00. The van der Waals surface area contributed by atoms with Gasteiger partial charge in [0.2, 0.25) is 0 Å². The molecule has 0 saturated carbocycles. The number of methoxy groups -OCH3 is 1. The molecule has 112 valence electrons. The van der Waals surface area contributed by atoms with Crippen LogP contribution in [0.4, 0.5) is 0 Å². The van der Waals surface area contributed by atoms with E-state index in [0.29, 0.717) is 0 Å². The molecule has 0 aliphatic rings. The van der Waals surface area contributed by atoms with Crippen LogP contribution < -0.4 is 10.1 Å². The van der Waals surface area contributed by atoms with Crippen molar-refractivity contribution in [1.29, 1.82) is 0 Å². The number of pyridine rings is 1. The third-order valence-electron chi connectivity index (χ3n) is 3.35. The fraction of sp³-hybridized carbons (Fsp3) is 0.353. The van der Waals surface area contributed by atoms with Crippen LogP contribution in [0.25, 0.3) is 0 Å². The zero-order valence-electron chi connectivity index (χ0n) is 12.7. The average Bonchev–Trinajstić information content (AvgIpc) is 2.51. The van der Waals surface area contributed by atoms with E-state index in [1.54, 1.807) is 7.11 Å². The number of nitrogens with zero attached hydrogens (tertiary/aromatic N) is 1. The van der Waals surface area contributed by atoms with E-state index in [1.165, 1.54) is 11.1 Å². The molecule has 0 radical (unpaired) electrons. The summed E-state index contributed by atoms with van der Waals surface area (Å²) in [6.45, 7) is 5.18. The molecule has 0 saturated heterocycles. The van der Waals surface area contributed by atoms with Crippen LogP contribution in [0.3, 0.4) is 0 Å². The lowest BCUT2D eigenvalue weighted by Gasteiger charge is -2.22. The third kappa shape index (κ3) is 3.83. The fourth-order valence-corrected chi connectivity index (χ4v) is 2.79. The maximum atomic E-state index is 5.48. The number of hydrogen-bond donors (Lipinski definition) is 1. The molecule has 0 aliphatic carbocycles. The van der Waals surface area contributed by atoms with E-state index in [1.807, 2.05) is 18.3 Å². The lowest BCUT2D eigenvalue weighted by molar-refractivity contribution is 0.399. The minimum absolute atomic E-state index is 0.00961. The summed E-state index contributed by atoms with van der Waals surface area (Å²) in [7, 11) is 1.68. The standard InChI is InChI=1S/C17H21BrN2O/c1-4-9-19-16(13-11-12(2)7-8-14(13)18)17-15(21-3)6-5-10-20-17/h5-8,10-11,16,19H,4,9H2,1-3H3. The highest BCUT2D eigenvalue weighted by molar-refractivity contribution is 9.10. The highest BCUT2D eigenvalue weighted by atomic mass is 79.9. The molecule has 0 bridgehead atoms. The van der Waals surface area contributed by atoms with Crippen molar-refractivity contribution in [3.8, 4) is 5.75 Å². The first-order valence-corrected chi connectivity index (χ1v) is 7.95. The lowest BCUT2D eigenvalue weighted by Crippen LogP contribution is -2.25. The van der Waals surface area contributed by atoms with E-state index >= 15 is 0 Å². The summed E-state index contributed by atoms with van der Waals surface area (Å²) >= 11 is 3.66. The second-order valence-electron chi connectivity index (χ2n) is 5.00. The van der Waals surface area contributed by atoms with Crippen LogP contribution in [0.15, 0.2) is 41.0 Å². The summed E-state index contributed by atoms with van der Waals surface area (Å²) in [6, 6.07) is 10.2. The summed E-state index contributed by atoms with van der Waals surface area (Å²) in [6.07, 6.45) is 2.87. The number of rotatable bonds is 6. The van der Waals surface area contributed by atoms with Crippen LogP contribution in [-0.2, 0) is 0 Å².